The Bertz CT molecular complexity index is 780. The summed E-state index contributed by atoms with van der Waals surface area (Å²) in [7, 11) is 1.86. The molecule has 19 heavy (non-hydrogen) atoms. The van der Waals surface area contributed by atoms with E-state index in [0.717, 1.165) is 16.5 Å². The summed E-state index contributed by atoms with van der Waals surface area (Å²) in [5.74, 6) is -0.468. The van der Waals surface area contributed by atoms with Crippen LogP contribution in [0, 0.1) is 5.82 Å². The highest BCUT2D eigenvalue weighted by Gasteiger charge is 2.10. The second kappa shape index (κ2) is 4.24. The molecule has 3 nitrogen and oxygen atoms in total. The van der Waals surface area contributed by atoms with Gasteiger partial charge < -0.3 is 5.73 Å². The van der Waals surface area contributed by atoms with Crippen molar-refractivity contribution in [3.8, 4) is 11.1 Å². The summed E-state index contributed by atoms with van der Waals surface area (Å²) in [4.78, 5) is 0. The largest absolute Gasteiger partial charge is 0.396 e. The number of rotatable bonds is 1. The molecule has 0 aliphatic heterocycles. The monoisotopic (exact) mass is 275 g/mol. The van der Waals surface area contributed by atoms with E-state index in [-0.39, 0.29) is 5.69 Å². The Morgan fingerprint density at radius 1 is 1.26 bits per heavy atom. The molecule has 0 spiro atoms. The molecule has 0 fully saturated rings. The van der Waals surface area contributed by atoms with Crippen molar-refractivity contribution in [1.82, 2.24) is 9.78 Å². The number of anilines is 1. The summed E-state index contributed by atoms with van der Waals surface area (Å²) in [6.45, 7) is 0. The van der Waals surface area contributed by atoms with Crippen molar-refractivity contribution in [1.29, 1.82) is 0 Å². The zero-order valence-electron chi connectivity index (χ0n) is 10.2. The maximum Gasteiger partial charge on any atom is 0.146 e. The third kappa shape index (κ3) is 1.94. The van der Waals surface area contributed by atoms with Crippen LogP contribution < -0.4 is 5.73 Å². The molecule has 0 unspecified atom stereocenters. The maximum atomic E-state index is 13.6. The van der Waals surface area contributed by atoms with Gasteiger partial charge in [-0.3, -0.25) is 4.68 Å². The van der Waals surface area contributed by atoms with Crippen LogP contribution in [0.15, 0.2) is 36.5 Å². The van der Waals surface area contributed by atoms with Gasteiger partial charge in [0.25, 0.3) is 0 Å². The molecule has 0 radical (unpaired) electrons. The summed E-state index contributed by atoms with van der Waals surface area (Å²) in [5.41, 5.74) is 7.96. The lowest BCUT2D eigenvalue weighted by Gasteiger charge is -2.07. The second-order valence-electron chi connectivity index (χ2n) is 4.40. The van der Waals surface area contributed by atoms with Crippen LogP contribution in [-0.4, -0.2) is 9.78 Å². The number of nitrogens with zero attached hydrogens (tertiary/aromatic N) is 2. The number of benzene rings is 2. The number of aryl methyl sites for hydroxylation is 1. The Balaban J connectivity index is 2.24. The number of halogens is 2. The molecule has 96 valence electrons. The molecule has 2 N–H and O–H groups in total. The normalized spacial score (nSPS) is 11.1. The highest BCUT2D eigenvalue weighted by molar-refractivity contribution is 6.33. The molecule has 0 atom stereocenters. The van der Waals surface area contributed by atoms with Gasteiger partial charge in [0, 0.05) is 18.0 Å². The quantitative estimate of drug-likeness (QED) is 0.690. The van der Waals surface area contributed by atoms with Gasteiger partial charge in [0.1, 0.15) is 5.82 Å². The van der Waals surface area contributed by atoms with Crippen LogP contribution in [-0.2, 0) is 7.05 Å². The van der Waals surface area contributed by atoms with Gasteiger partial charge in [0.05, 0.1) is 22.4 Å². The molecule has 0 amide bonds. The van der Waals surface area contributed by atoms with E-state index in [2.05, 4.69) is 5.10 Å². The van der Waals surface area contributed by atoms with Crippen molar-refractivity contribution in [2.75, 3.05) is 5.73 Å². The third-order valence-corrected chi connectivity index (χ3v) is 3.46. The number of nitrogens with two attached hydrogens (primary N) is 1. The molecule has 0 bridgehead atoms. The first kappa shape index (κ1) is 12.0. The standard InChI is InChI=1S/C14H11ClFN3/c1-19-14-4-8(2-3-9(14)7-18-19)10-5-12(16)13(17)6-11(10)15/h2-7H,17H2,1H3. The van der Waals surface area contributed by atoms with Crippen LogP contribution in [0.2, 0.25) is 5.02 Å². The lowest BCUT2D eigenvalue weighted by Crippen LogP contribution is -1.93. The highest BCUT2D eigenvalue weighted by atomic mass is 35.5. The first-order valence-electron chi connectivity index (χ1n) is 5.73. The fourth-order valence-corrected chi connectivity index (χ4v) is 2.38. The average molecular weight is 276 g/mol. The fraction of sp³-hybridized carbons (Fsp3) is 0.0714. The first-order chi connectivity index (χ1) is 9.06. The minimum atomic E-state index is -0.468. The van der Waals surface area contributed by atoms with Gasteiger partial charge in [-0.1, -0.05) is 23.7 Å². The van der Waals surface area contributed by atoms with Gasteiger partial charge in [-0.05, 0) is 23.8 Å². The Morgan fingerprint density at radius 3 is 2.84 bits per heavy atom. The predicted octanol–water partition coefficient (Wildman–Crippen LogP) is 3.62. The Kier molecular flexibility index (Phi) is 2.68. The maximum absolute atomic E-state index is 13.6. The van der Waals surface area contributed by atoms with Gasteiger partial charge in [-0.15, -0.1) is 0 Å². The molecule has 3 rings (SSSR count). The summed E-state index contributed by atoms with van der Waals surface area (Å²) >= 11 is 6.13. The van der Waals surface area contributed by atoms with E-state index in [1.165, 1.54) is 12.1 Å². The van der Waals surface area contributed by atoms with Gasteiger partial charge in [-0.25, -0.2) is 4.39 Å². The van der Waals surface area contributed by atoms with Crippen molar-refractivity contribution >= 4 is 28.2 Å². The van der Waals surface area contributed by atoms with Crippen LogP contribution >= 0.6 is 11.6 Å². The Hall–Kier alpha value is -2.07. The minimum Gasteiger partial charge on any atom is -0.396 e. The van der Waals surface area contributed by atoms with Crippen molar-refractivity contribution in [2.24, 2.45) is 7.05 Å². The minimum absolute atomic E-state index is 0.0513. The lowest BCUT2D eigenvalue weighted by molar-refractivity contribution is 0.633. The van der Waals surface area contributed by atoms with E-state index >= 15 is 0 Å². The molecular weight excluding hydrogens is 265 g/mol. The van der Waals surface area contributed by atoms with Crippen LogP contribution in [0.5, 0.6) is 0 Å². The zero-order valence-corrected chi connectivity index (χ0v) is 10.9. The van der Waals surface area contributed by atoms with E-state index in [4.69, 9.17) is 17.3 Å². The number of aromatic nitrogens is 2. The molecule has 5 heteroatoms. The highest BCUT2D eigenvalue weighted by Crippen LogP contribution is 2.32. The molecule has 1 aromatic heterocycles. The molecule has 0 aliphatic rings. The van der Waals surface area contributed by atoms with Gasteiger partial charge in [0.2, 0.25) is 0 Å². The van der Waals surface area contributed by atoms with E-state index < -0.39 is 5.82 Å². The molecule has 0 saturated heterocycles. The summed E-state index contributed by atoms with van der Waals surface area (Å²) in [5, 5.41) is 5.63. The average Bonchev–Trinajstić information content (AvgIpc) is 2.75. The number of nitrogen functional groups attached to an aromatic ring is 1. The molecule has 0 saturated carbocycles. The number of fused-ring (bicyclic) bond motifs is 1. The van der Waals surface area contributed by atoms with Gasteiger partial charge >= 0.3 is 0 Å². The number of hydrogen-bond donors (Lipinski definition) is 1. The molecule has 0 aliphatic carbocycles. The number of hydrogen-bond acceptors (Lipinski definition) is 2. The summed E-state index contributed by atoms with van der Waals surface area (Å²) < 4.78 is 15.3. The second-order valence-corrected chi connectivity index (χ2v) is 4.80. The van der Waals surface area contributed by atoms with E-state index in [0.29, 0.717) is 10.6 Å². The van der Waals surface area contributed by atoms with E-state index in [1.807, 2.05) is 25.2 Å². The van der Waals surface area contributed by atoms with Crippen LogP contribution in [0.3, 0.4) is 0 Å². The molecule has 1 heterocycles. The molecule has 3 aromatic rings. The zero-order chi connectivity index (χ0) is 13.6. The van der Waals surface area contributed by atoms with Crippen LogP contribution in [0.25, 0.3) is 22.0 Å². The lowest BCUT2D eigenvalue weighted by atomic mass is 10.0. The van der Waals surface area contributed by atoms with Crippen molar-refractivity contribution in [3.63, 3.8) is 0 Å². The van der Waals surface area contributed by atoms with Gasteiger partial charge in [-0.2, -0.15) is 5.10 Å². The smallest absolute Gasteiger partial charge is 0.146 e. The summed E-state index contributed by atoms with van der Waals surface area (Å²) in [6, 6.07) is 8.54. The fourth-order valence-electron chi connectivity index (χ4n) is 2.10. The van der Waals surface area contributed by atoms with Crippen LogP contribution in [0.4, 0.5) is 10.1 Å². The Labute approximate surface area is 114 Å². The first-order valence-corrected chi connectivity index (χ1v) is 6.11. The Morgan fingerprint density at radius 2 is 2.05 bits per heavy atom. The van der Waals surface area contributed by atoms with E-state index in [1.54, 1.807) is 10.9 Å². The van der Waals surface area contributed by atoms with Crippen molar-refractivity contribution in [3.05, 3.63) is 47.4 Å². The third-order valence-electron chi connectivity index (χ3n) is 3.15. The van der Waals surface area contributed by atoms with Crippen molar-refractivity contribution in [2.45, 2.75) is 0 Å². The van der Waals surface area contributed by atoms with E-state index in [9.17, 15) is 4.39 Å². The predicted molar refractivity (Wildman–Crippen MR) is 75.5 cm³/mol. The topological polar surface area (TPSA) is 43.8 Å². The summed E-state index contributed by atoms with van der Waals surface area (Å²) in [6.07, 6.45) is 1.78. The van der Waals surface area contributed by atoms with Crippen LogP contribution in [0.1, 0.15) is 0 Å². The molecule has 2 aromatic carbocycles. The van der Waals surface area contributed by atoms with Gasteiger partial charge in [0.15, 0.2) is 0 Å². The van der Waals surface area contributed by atoms with Crippen molar-refractivity contribution < 1.29 is 4.39 Å². The SMILES string of the molecule is Cn1ncc2ccc(-c3cc(F)c(N)cc3Cl)cc21. The molecular formula is C14H11ClFN3.